The lowest BCUT2D eigenvalue weighted by Gasteiger charge is -2.12. The molecule has 0 saturated heterocycles. The van der Waals surface area contributed by atoms with Crippen LogP contribution in [0.4, 0.5) is 5.69 Å². The number of aryl methyl sites for hydroxylation is 2. The molecule has 7 heteroatoms. The van der Waals surface area contributed by atoms with Crippen LogP contribution < -0.4 is 5.32 Å². The number of hydrogen-bond donors (Lipinski definition) is 1. The molecule has 2 aromatic heterocycles. The van der Waals surface area contributed by atoms with E-state index in [-0.39, 0.29) is 16.7 Å². The Balaban J connectivity index is 2.13. The van der Waals surface area contributed by atoms with Crippen molar-refractivity contribution >= 4 is 5.69 Å². The molecule has 0 spiro atoms. The third kappa shape index (κ3) is 3.25. The van der Waals surface area contributed by atoms with E-state index in [2.05, 4.69) is 15.3 Å². The Morgan fingerprint density at radius 2 is 2.05 bits per heavy atom. The number of hydrogen-bond acceptors (Lipinski definition) is 6. The Morgan fingerprint density at radius 3 is 2.62 bits per heavy atom. The molecule has 1 unspecified atom stereocenters. The predicted octanol–water partition coefficient (Wildman–Crippen LogP) is 2.75. The molecule has 0 radical (unpaired) electrons. The smallest absolute Gasteiger partial charge is 0.278 e. The second-order valence-electron chi connectivity index (χ2n) is 5.03. The lowest BCUT2D eigenvalue weighted by atomic mass is 10.1. The lowest BCUT2D eigenvalue weighted by molar-refractivity contribution is -0.386. The number of pyridine rings is 1. The highest BCUT2D eigenvalue weighted by Crippen LogP contribution is 2.24. The molecule has 1 atom stereocenters. The molecule has 21 heavy (non-hydrogen) atoms. The molecule has 0 aliphatic heterocycles. The normalized spacial score (nSPS) is 12.4. The number of oxazole rings is 1. The fourth-order valence-electron chi connectivity index (χ4n) is 2.13. The van der Waals surface area contributed by atoms with Crippen molar-refractivity contribution < 1.29 is 9.34 Å². The summed E-state index contributed by atoms with van der Waals surface area (Å²) in [5.74, 6) is 1.34. The summed E-state index contributed by atoms with van der Waals surface area (Å²) >= 11 is 0. The van der Waals surface area contributed by atoms with Crippen LogP contribution in [0.1, 0.15) is 41.4 Å². The molecule has 1 N–H and O–H groups in total. The Kier molecular flexibility index (Phi) is 4.32. The second-order valence-corrected chi connectivity index (χ2v) is 5.03. The maximum Gasteiger partial charge on any atom is 0.278 e. The van der Waals surface area contributed by atoms with Gasteiger partial charge >= 0.3 is 0 Å². The van der Waals surface area contributed by atoms with E-state index in [4.69, 9.17) is 4.42 Å². The van der Waals surface area contributed by atoms with E-state index in [0.717, 1.165) is 5.76 Å². The highest BCUT2D eigenvalue weighted by atomic mass is 16.6. The largest absolute Gasteiger partial charge is 0.444 e. The summed E-state index contributed by atoms with van der Waals surface area (Å²) in [6.07, 6.45) is 3.19. The van der Waals surface area contributed by atoms with Gasteiger partial charge in [0, 0.05) is 23.9 Å². The van der Waals surface area contributed by atoms with Crippen molar-refractivity contribution in [2.24, 2.45) is 0 Å². The van der Waals surface area contributed by atoms with Gasteiger partial charge in [-0.15, -0.1) is 0 Å². The van der Waals surface area contributed by atoms with Crippen LogP contribution in [0.2, 0.25) is 0 Å². The first-order valence-corrected chi connectivity index (χ1v) is 6.65. The van der Waals surface area contributed by atoms with Crippen molar-refractivity contribution in [1.29, 1.82) is 0 Å². The SMILES string of the molecule is Cc1cnc(C(C)NCc2ncc(C)c([N+](=O)[O-])c2C)o1. The molecule has 0 saturated carbocycles. The van der Waals surface area contributed by atoms with Gasteiger partial charge in [-0.3, -0.25) is 15.1 Å². The summed E-state index contributed by atoms with van der Waals surface area (Å²) in [4.78, 5) is 19.2. The number of rotatable bonds is 5. The van der Waals surface area contributed by atoms with Crippen molar-refractivity contribution in [3.8, 4) is 0 Å². The second kappa shape index (κ2) is 6.01. The number of nitrogens with one attached hydrogen (secondary N) is 1. The first kappa shape index (κ1) is 15.1. The predicted molar refractivity (Wildman–Crippen MR) is 76.9 cm³/mol. The van der Waals surface area contributed by atoms with Crippen LogP contribution >= 0.6 is 0 Å². The van der Waals surface area contributed by atoms with Crippen molar-refractivity contribution in [3.05, 3.63) is 51.0 Å². The van der Waals surface area contributed by atoms with E-state index >= 15 is 0 Å². The fraction of sp³-hybridized carbons (Fsp3) is 0.429. The molecule has 0 fully saturated rings. The van der Waals surface area contributed by atoms with Crippen LogP contribution in [-0.2, 0) is 6.54 Å². The van der Waals surface area contributed by atoms with Crippen LogP contribution in [0.25, 0.3) is 0 Å². The quantitative estimate of drug-likeness (QED) is 0.672. The summed E-state index contributed by atoms with van der Waals surface area (Å²) in [6.45, 7) is 7.57. The Labute approximate surface area is 122 Å². The zero-order chi connectivity index (χ0) is 15.6. The number of nitrogens with zero attached hydrogens (tertiary/aromatic N) is 3. The zero-order valence-electron chi connectivity index (χ0n) is 12.5. The Bertz CT molecular complexity index is 666. The number of nitro groups is 1. The molecule has 2 heterocycles. The van der Waals surface area contributed by atoms with Gasteiger partial charge in [0.1, 0.15) is 5.76 Å². The highest BCUT2D eigenvalue weighted by Gasteiger charge is 2.19. The van der Waals surface area contributed by atoms with E-state index in [1.54, 1.807) is 20.0 Å². The average molecular weight is 290 g/mol. The summed E-state index contributed by atoms with van der Waals surface area (Å²) < 4.78 is 5.44. The molecule has 0 aliphatic rings. The first-order chi connectivity index (χ1) is 9.90. The van der Waals surface area contributed by atoms with Crippen molar-refractivity contribution in [2.45, 2.75) is 40.3 Å². The monoisotopic (exact) mass is 290 g/mol. The maximum absolute atomic E-state index is 11.1. The van der Waals surface area contributed by atoms with E-state index in [1.165, 1.54) is 6.20 Å². The summed E-state index contributed by atoms with van der Waals surface area (Å²) in [6, 6.07) is -0.0970. The molecular formula is C14H18N4O3. The minimum atomic E-state index is -0.364. The van der Waals surface area contributed by atoms with Crippen LogP contribution in [0, 0.1) is 30.9 Å². The van der Waals surface area contributed by atoms with E-state index < -0.39 is 0 Å². The van der Waals surface area contributed by atoms with Gasteiger partial charge in [0.2, 0.25) is 5.89 Å². The molecule has 112 valence electrons. The fourth-order valence-corrected chi connectivity index (χ4v) is 2.13. The molecule has 2 aromatic rings. The first-order valence-electron chi connectivity index (χ1n) is 6.65. The van der Waals surface area contributed by atoms with E-state index in [9.17, 15) is 10.1 Å². The van der Waals surface area contributed by atoms with Gasteiger partial charge < -0.3 is 9.73 Å². The van der Waals surface area contributed by atoms with Gasteiger partial charge in [0.15, 0.2) is 0 Å². The molecule has 0 bridgehead atoms. The van der Waals surface area contributed by atoms with Crippen molar-refractivity contribution in [1.82, 2.24) is 15.3 Å². The van der Waals surface area contributed by atoms with Gasteiger partial charge in [-0.05, 0) is 27.7 Å². The highest BCUT2D eigenvalue weighted by molar-refractivity contribution is 5.47. The van der Waals surface area contributed by atoms with Gasteiger partial charge in [0.05, 0.1) is 22.9 Å². The van der Waals surface area contributed by atoms with Crippen molar-refractivity contribution in [3.63, 3.8) is 0 Å². The molecule has 0 amide bonds. The third-order valence-corrected chi connectivity index (χ3v) is 3.34. The zero-order valence-corrected chi connectivity index (χ0v) is 12.5. The third-order valence-electron chi connectivity index (χ3n) is 3.34. The van der Waals surface area contributed by atoms with Gasteiger partial charge in [-0.1, -0.05) is 0 Å². The van der Waals surface area contributed by atoms with Gasteiger partial charge in [-0.25, -0.2) is 4.98 Å². The van der Waals surface area contributed by atoms with Crippen molar-refractivity contribution in [2.75, 3.05) is 0 Å². The van der Waals surface area contributed by atoms with Crippen LogP contribution in [-0.4, -0.2) is 14.9 Å². The molecular weight excluding hydrogens is 272 g/mol. The number of aromatic nitrogens is 2. The van der Waals surface area contributed by atoms with E-state index in [0.29, 0.717) is 29.3 Å². The van der Waals surface area contributed by atoms with Crippen LogP contribution in [0.15, 0.2) is 16.8 Å². The molecule has 0 aromatic carbocycles. The minimum Gasteiger partial charge on any atom is -0.444 e. The maximum atomic E-state index is 11.1. The lowest BCUT2D eigenvalue weighted by Crippen LogP contribution is -2.20. The van der Waals surface area contributed by atoms with Gasteiger partial charge in [0.25, 0.3) is 5.69 Å². The molecule has 7 nitrogen and oxygen atoms in total. The Morgan fingerprint density at radius 1 is 1.33 bits per heavy atom. The molecule has 2 rings (SSSR count). The Hall–Kier alpha value is -2.28. The molecule has 0 aliphatic carbocycles. The summed E-state index contributed by atoms with van der Waals surface area (Å²) in [5.41, 5.74) is 1.93. The average Bonchev–Trinajstić information content (AvgIpc) is 2.84. The van der Waals surface area contributed by atoms with E-state index in [1.807, 2.05) is 13.8 Å². The minimum absolute atomic E-state index is 0.0970. The van der Waals surface area contributed by atoms with Crippen LogP contribution in [0.3, 0.4) is 0 Å². The standard InChI is InChI=1S/C14H18N4O3/c1-8-5-16-12(10(3)13(8)18(19)20)7-15-11(4)14-17-6-9(2)21-14/h5-6,11,15H,7H2,1-4H3. The van der Waals surface area contributed by atoms with Gasteiger partial charge in [-0.2, -0.15) is 0 Å². The summed E-state index contributed by atoms with van der Waals surface area (Å²) in [7, 11) is 0. The topological polar surface area (TPSA) is 94.1 Å². The summed E-state index contributed by atoms with van der Waals surface area (Å²) in [5, 5.41) is 14.3. The van der Waals surface area contributed by atoms with Crippen LogP contribution in [0.5, 0.6) is 0 Å².